The second-order valence-electron chi connectivity index (χ2n) is 10.5. The lowest BCUT2D eigenvalue weighted by Gasteiger charge is -2.05. The molecule has 0 aliphatic heterocycles. The number of rotatable bonds is 8. The van der Waals surface area contributed by atoms with Gasteiger partial charge < -0.3 is 0 Å². The molecule has 2 aromatic heterocycles. The SMILES string of the molecule is CC(C)Cc1ccc(-c2cc(-c3cccc(-c4cc(-c5ccc(CC(C)C)cc5)[nH]n4)c3)n[nH]2)cc1. The van der Waals surface area contributed by atoms with Crippen LogP contribution in [0.25, 0.3) is 45.0 Å². The van der Waals surface area contributed by atoms with Crippen molar-refractivity contribution in [1.82, 2.24) is 20.4 Å². The molecule has 2 N–H and O–H groups in total. The molecule has 0 atom stereocenters. The van der Waals surface area contributed by atoms with Crippen LogP contribution in [0.4, 0.5) is 0 Å². The van der Waals surface area contributed by atoms with E-state index in [-0.39, 0.29) is 0 Å². The van der Waals surface area contributed by atoms with Gasteiger partial charge in [-0.25, -0.2) is 0 Å². The van der Waals surface area contributed by atoms with Crippen molar-refractivity contribution in [3.8, 4) is 45.0 Å². The van der Waals surface area contributed by atoms with Crippen LogP contribution in [-0.4, -0.2) is 20.4 Å². The van der Waals surface area contributed by atoms with Gasteiger partial charge in [-0.2, -0.15) is 10.2 Å². The minimum atomic E-state index is 0.655. The molecule has 0 amide bonds. The summed E-state index contributed by atoms with van der Waals surface area (Å²) in [5.41, 5.74) is 11.1. The highest BCUT2D eigenvalue weighted by Gasteiger charge is 2.11. The molecule has 0 unspecified atom stereocenters. The number of hydrogen-bond donors (Lipinski definition) is 2. The summed E-state index contributed by atoms with van der Waals surface area (Å²) in [6.07, 6.45) is 2.19. The lowest BCUT2D eigenvalue weighted by Crippen LogP contribution is -1.93. The summed E-state index contributed by atoms with van der Waals surface area (Å²) in [6, 6.07) is 30.2. The number of nitrogens with zero attached hydrogens (tertiary/aromatic N) is 2. The van der Waals surface area contributed by atoms with E-state index in [4.69, 9.17) is 0 Å². The van der Waals surface area contributed by atoms with Gasteiger partial charge >= 0.3 is 0 Å². The first-order valence-electron chi connectivity index (χ1n) is 12.8. The lowest BCUT2D eigenvalue weighted by atomic mass is 10.0. The predicted molar refractivity (Wildman–Crippen MR) is 150 cm³/mol. The van der Waals surface area contributed by atoms with Crippen molar-refractivity contribution in [2.45, 2.75) is 40.5 Å². The normalized spacial score (nSPS) is 11.5. The van der Waals surface area contributed by atoms with E-state index >= 15 is 0 Å². The number of nitrogens with one attached hydrogen (secondary N) is 2. The molecule has 0 aliphatic carbocycles. The van der Waals surface area contributed by atoms with E-state index in [2.05, 4.69) is 133 Å². The van der Waals surface area contributed by atoms with E-state index in [1.165, 1.54) is 11.1 Å². The van der Waals surface area contributed by atoms with E-state index in [0.29, 0.717) is 11.8 Å². The van der Waals surface area contributed by atoms with Crippen LogP contribution in [0.2, 0.25) is 0 Å². The molecule has 36 heavy (non-hydrogen) atoms. The maximum atomic E-state index is 4.60. The van der Waals surface area contributed by atoms with E-state index in [1.54, 1.807) is 0 Å². The van der Waals surface area contributed by atoms with Crippen molar-refractivity contribution in [3.05, 3.63) is 96.1 Å². The number of aromatic nitrogens is 4. The van der Waals surface area contributed by atoms with Gasteiger partial charge in [-0.15, -0.1) is 0 Å². The molecule has 0 fully saturated rings. The predicted octanol–water partition coefficient (Wildman–Crippen LogP) is 8.20. The van der Waals surface area contributed by atoms with Crippen molar-refractivity contribution in [2.24, 2.45) is 11.8 Å². The Kier molecular flexibility index (Phi) is 6.86. The standard InChI is InChI=1S/C32H34N4/c1-21(2)16-23-8-12-25(13-9-23)29-19-31(35-33-29)27-6-5-7-28(18-27)32-20-30(34-36-32)26-14-10-24(11-15-26)17-22(3)4/h5-15,18-22H,16-17H2,1-4H3,(H,33,35)(H,34,36). The van der Waals surface area contributed by atoms with Crippen molar-refractivity contribution in [3.63, 3.8) is 0 Å². The molecular formula is C32H34N4. The molecule has 0 saturated heterocycles. The van der Waals surface area contributed by atoms with Crippen LogP contribution >= 0.6 is 0 Å². The third-order valence-electron chi connectivity index (χ3n) is 6.43. The summed E-state index contributed by atoms with van der Waals surface area (Å²) in [5.74, 6) is 1.31. The summed E-state index contributed by atoms with van der Waals surface area (Å²) >= 11 is 0. The maximum Gasteiger partial charge on any atom is 0.0927 e. The van der Waals surface area contributed by atoms with Crippen molar-refractivity contribution in [2.75, 3.05) is 0 Å². The summed E-state index contributed by atoms with van der Waals surface area (Å²) in [6.45, 7) is 8.99. The number of hydrogen-bond acceptors (Lipinski definition) is 2. The van der Waals surface area contributed by atoms with Crippen molar-refractivity contribution >= 4 is 0 Å². The third kappa shape index (κ3) is 5.49. The Balaban J connectivity index is 1.34. The van der Waals surface area contributed by atoms with Crippen LogP contribution in [0, 0.1) is 11.8 Å². The van der Waals surface area contributed by atoms with Gasteiger partial charge in [0.05, 0.1) is 22.8 Å². The zero-order valence-electron chi connectivity index (χ0n) is 21.5. The minimum absolute atomic E-state index is 0.655. The fourth-order valence-electron chi connectivity index (χ4n) is 4.66. The summed E-state index contributed by atoms with van der Waals surface area (Å²) in [7, 11) is 0. The van der Waals surface area contributed by atoms with Gasteiger partial charge in [0.1, 0.15) is 0 Å². The zero-order chi connectivity index (χ0) is 25.1. The van der Waals surface area contributed by atoms with E-state index in [1.807, 2.05) is 0 Å². The highest BCUT2D eigenvalue weighted by atomic mass is 15.1. The molecule has 0 aliphatic rings. The molecule has 5 aromatic rings. The number of aromatic amines is 2. The Morgan fingerprint density at radius 2 is 0.944 bits per heavy atom. The smallest absolute Gasteiger partial charge is 0.0927 e. The second-order valence-corrected chi connectivity index (χ2v) is 10.5. The summed E-state index contributed by atoms with van der Waals surface area (Å²) in [4.78, 5) is 0. The highest BCUT2D eigenvalue weighted by Crippen LogP contribution is 2.29. The average Bonchev–Trinajstić information content (AvgIpc) is 3.55. The van der Waals surface area contributed by atoms with Gasteiger partial charge in [0.25, 0.3) is 0 Å². The Bertz CT molecular complexity index is 1310. The molecule has 4 nitrogen and oxygen atoms in total. The Hall–Kier alpha value is -3.92. The summed E-state index contributed by atoms with van der Waals surface area (Å²) in [5, 5.41) is 15.6. The summed E-state index contributed by atoms with van der Waals surface area (Å²) < 4.78 is 0. The monoisotopic (exact) mass is 474 g/mol. The van der Waals surface area contributed by atoms with Crippen LogP contribution in [0.1, 0.15) is 38.8 Å². The van der Waals surface area contributed by atoms with Crippen LogP contribution < -0.4 is 0 Å². The highest BCUT2D eigenvalue weighted by molar-refractivity contribution is 5.74. The molecule has 182 valence electrons. The van der Waals surface area contributed by atoms with Gasteiger partial charge in [0.2, 0.25) is 0 Å². The van der Waals surface area contributed by atoms with Crippen molar-refractivity contribution in [1.29, 1.82) is 0 Å². The largest absolute Gasteiger partial charge is 0.277 e. The maximum absolute atomic E-state index is 4.60. The lowest BCUT2D eigenvalue weighted by molar-refractivity contribution is 0.647. The van der Waals surface area contributed by atoms with Gasteiger partial charge in [0.15, 0.2) is 0 Å². The van der Waals surface area contributed by atoms with E-state index < -0.39 is 0 Å². The van der Waals surface area contributed by atoms with Crippen molar-refractivity contribution < 1.29 is 0 Å². The number of benzene rings is 3. The quantitative estimate of drug-likeness (QED) is 0.238. The minimum Gasteiger partial charge on any atom is -0.277 e. The van der Waals surface area contributed by atoms with Crippen LogP contribution in [0.5, 0.6) is 0 Å². The first-order valence-corrected chi connectivity index (χ1v) is 12.8. The Morgan fingerprint density at radius 1 is 0.528 bits per heavy atom. The van der Waals surface area contributed by atoms with Gasteiger partial charge in [0, 0.05) is 11.1 Å². The molecule has 0 saturated carbocycles. The fourth-order valence-corrected chi connectivity index (χ4v) is 4.66. The first kappa shape index (κ1) is 23.8. The Morgan fingerprint density at radius 3 is 1.33 bits per heavy atom. The average molecular weight is 475 g/mol. The fraction of sp³-hybridized carbons (Fsp3) is 0.250. The second kappa shape index (κ2) is 10.4. The molecular weight excluding hydrogens is 440 g/mol. The topological polar surface area (TPSA) is 57.4 Å². The molecule has 4 heteroatoms. The molecule has 0 bridgehead atoms. The third-order valence-corrected chi connectivity index (χ3v) is 6.43. The molecule has 0 spiro atoms. The van der Waals surface area contributed by atoms with Gasteiger partial charge in [-0.1, -0.05) is 94.4 Å². The van der Waals surface area contributed by atoms with Crippen LogP contribution in [-0.2, 0) is 12.8 Å². The zero-order valence-corrected chi connectivity index (χ0v) is 21.5. The number of H-pyrrole nitrogens is 2. The molecule has 5 rings (SSSR count). The van der Waals surface area contributed by atoms with Gasteiger partial charge in [-0.3, -0.25) is 10.2 Å². The van der Waals surface area contributed by atoms with Gasteiger partial charge in [-0.05, 0) is 65.1 Å². The van der Waals surface area contributed by atoms with E-state index in [9.17, 15) is 0 Å². The molecule has 0 radical (unpaired) electrons. The van der Waals surface area contributed by atoms with Crippen LogP contribution in [0.3, 0.4) is 0 Å². The molecule has 3 aromatic carbocycles. The first-order chi connectivity index (χ1) is 17.4. The Labute approximate surface area is 213 Å². The van der Waals surface area contributed by atoms with E-state index in [0.717, 1.165) is 57.9 Å². The molecule has 2 heterocycles. The van der Waals surface area contributed by atoms with Crippen LogP contribution in [0.15, 0.2) is 84.9 Å².